The average molecular weight is 453 g/mol. The van der Waals surface area contributed by atoms with E-state index in [1.54, 1.807) is 10.9 Å². The molecule has 0 aliphatic heterocycles. The van der Waals surface area contributed by atoms with Crippen LogP contribution in [0.15, 0.2) is 79.0 Å². The van der Waals surface area contributed by atoms with Gasteiger partial charge in [0, 0.05) is 17.4 Å². The van der Waals surface area contributed by atoms with Crippen molar-refractivity contribution in [2.75, 3.05) is 11.9 Å². The van der Waals surface area contributed by atoms with Gasteiger partial charge < -0.3 is 10.6 Å². The number of aryl methyl sites for hydroxylation is 3. The Balaban J connectivity index is 1.53. The van der Waals surface area contributed by atoms with Crippen LogP contribution in [0.1, 0.15) is 32.6 Å². The summed E-state index contributed by atoms with van der Waals surface area (Å²) < 4.78 is 1.76. The third kappa shape index (κ3) is 5.41. The van der Waals surface area contributed by atoms with E-state index in [9.17, 15) is 9.59 Å². The standard InChI is InChI=1S/C28H28N4O2/c1-19-12-14-23(15-13-19)27-24(18-32(31-27)17-22-10-5-4-6-11-22)28(34)29-16-25(33)30-26-20(2)8-7-9-21(26)3/h4-15,18H,16-17H2,1-3H3,(H,29,34)(H,30,33). The summed E-state index contributed by atoms with van der Waals surface area (Å²) in [6.45, 7) is 6.30. The second-order valence-corrected chi connectivity index (χ2v) is 8.44. The summed E-state index contributed by atoms with van der Waals surface area (Å²) in [6, 6.07) is 23.7. The maximum atomic E-state index is 13.1. The minimum Gasteiger partial charge on any atom is -0.343 e. The summed E-state index contributed by atoms with van der Waals surface area (Å²) >= 11 is 0. The Morgan fingerprint density at radius 3 is 2.21 bits per heavy atom. The Labute approximate surface area is 199 Å². The predicted molar refractivity (Wildman–Crippen MR) is 135 cm³/mol. The molecule has 3 aromatic carbocycles. The normalized spacial score (nSPS) is 10.7. The smallest absolute Gasteiger partial charge is 0.255 e. The first-order valence-corrected chi connectivity index (χ1v) is 11.2. The van der Waals surface area contributed by atoms with Crippen LogP contribution in [0.25, 0.3) is 11.3 Å². The number of hydrogen-bond acceptors (Lipinski definition) is 3. The molecule has 2 amide bonds. The molecule has 4 aromatic rings. The number of benzene rings is 3. The highest BCUT2D eigenvalue weighted by atomic mass is 16.2. The first-order valence-electron chi connectivity index (χ1n) is 11.2. The van der Waals surface area contributed by atoms with Crippen molar-refractivity contribution in [1.82, 2.24) is 15.1 Å². The number of amides is 2. The van der Waals surface area contributed by atoms with E-state index in [-0.39, 0.29) is 18.4 Å². The summed E-state index contributed by atoms with van der Waals surface area (Å²) in [5, 5.41) is 10.4. The average Bonchev–Trinajstić information content (AvgIpc) is 3.25. The predicted octanol–water partition coefficient (Wildman–Crippen LogP) is 4.89. The van der Waals surface area contributed by atoms with Gasteiger partial charge in [0.2, 0.25) is 5.91 Å². The van der Waals surface area contributed by atoms with Gasteiger partial charge in [-0.05, 0) is 37.5 Å². The molecule has 0 saturated carbocycles. The number of anilines is 1. The van der Waals surface area contributed by atoms with Crippen LogP contribution >= 0.6 is 0 Å². The Hall–Kier alpha value is -4.19. The monoisotopic (exact) mass is 452 g/mol. The lowest BCUT2D eigenvalue weighted by Crippen LogP contribution is -2.33. The Kier molecular flexibility index (Phi) is 6.87. The van der Waals surface area contributed by atoms with Gasteiger partial charge in [-0.25, -0.2) is 0 Å². The highest BCUT2D eigenvalue weighted by molar-refractivity contribution is 6.03. The minimum absolute atomic E-state index is 0.135. The first-order chi connectivity index (χ1) is 16.4. The fraction of sp³-hybridized carbons (Fsp3) is 0.179. The maximum Gasteiger partial charge on any atom is 0.255 e. The van der Waals surface area contributed by atoms with Gasteiger partial charge in [-0.15, -0.1) is 0 Å². The fourth-order valence-electron chi connectivity index (χ4n) is 3.81. The quantitative estimate of drug-likeness (QED) is 0.419. The molecule has 1 aromatic heterocycles. The van der Waals surface area contributed by atoms with E-state index in [1.807, 2.05) is 93.6 Å². The molecule has 0 spiro atoms. The van der Waals surface area contributed by atoms with Crippen LogP contribution in [0.4, 0.5) is 5.69 Å². The van der Waals surface area contributed by atoms with Gasteiger partial charge in [0.05, 0.1) is 18.7 Å². The first kappa shape index (κ1) is 23.0. The third-order valence-corrected chi connectivity index (χ3v) is 5.67. The summed E-state index contributed by atoms with van der Waals surface area (Å²) in [6.07, 6.45) is 1.74. The van der Waals surface area contributed by atoms with Crippen LogP contribution in [-0.4, -0.2) is 28.1 Å². The zero-order valence-electron chi connectivity index (χ0n) is 19.6. The molecule has 0 saturated heterocycles. The molecule has 0 radical (unpaired) electrons. The Morgan fingerprint density at radius 2 is 1.53 bits per heavy atom. The van der Waals surface area contributed by atoms with Crippen molar-refractivity contribution in [1.29, 1.82) is 0 Å². The van der Waals surface area contributed by atoms with E-state index in [0.29, 0.717) is 17.8 Å². The Morgan fingerprint density at radius 1 is 0.853 bits per heavy atom. The highest BCUT2D eigenvalue weighted by Gasteiger charge is 2.19. The van der Waals surface area contributed by atoms with Gasteiger partial charge in [0.15, 0.2) is 0 Å². The molecule has 0 bridgehead atoms. The molecule has 1 heterocycles. The van der Waals surface area contributed by atoms with Gasteiger partial charge >= 0.3 is 0 Å². The van der Waals surface area contributed by atoms with E-state index in [0.717, 1.165) is 33.5 Å². The van der Waals surface area contributed by atoms with E-state index in [4.69, 9.17) is 5.10 Å². The van der Waals surface area contributed by atoms with Crippen molar-refractivity contribution in [2.45, 2.75) is 27.3 Å². The van der Waals surface area contributed by atoms with Crippen molar-refractivity contribution in [3.05, 3.63) is 107 Å². The van der Waals surface area contributed by atoms with Crippen LogP contribution < -0.4 is 10.6 Å². The second-order valence-electron chi connectivity index (χ2n) is 8.44. The Bertz CT molecular complexity index is 1290. The minimum atomic E-state index is -0.341. The van der Waals surface area contributed by atoms with Crippen molar-refractivity contribution in [2.24, 2.45) is 0 Å². The summed E-state index contributed by atoms with van der Waals surface area (Å²) in [4.78, 5) is 25.7. The number of carbonyl (C=O) groups excluding carboxylic acids is 2. The van der Waals surface area contributed by atoms with E-state index >= 15 is 0 Å². The SMILES string of the molecule is Cc1ccc(-c2nn(Cc3ccccc3)cc2C(=O)NCC(=O)Nc2c(C)cccc2C)cc1. The van der Waals surface area contributed by atoms with Crippen LogP contribution in [0.3, 0.4) is 0 Å². The van der Waals surface area contributed by atoms with Gasteiger partial charge in [0.25, 0.3) is 5.91 Å². The molecule has 0 unspecified atom stereocenters. The van der Waals surface area contributed by atoms with Crippen molar-refractivity contribution < 1.29 is 9.59 Å². The zero-order chi connectivity index (χ0) is 24.1. The zero-order valence-corrected chi connectivity index (χ0v) is 19.6. The molecule has 2 N–H and O–H groups in total. The largest absolute Gasteiger partial charge is 0.343 e. The van der Waals surface area contributed by atoms with E-state index in [1.165, 1.54) is 0 Å². The van der Waals surface area contributed by atoms with Crippen LogP contribution in [0, 0.1) is 20.8 Å². The molecular weight excluding hydrogens is 424 g/mol. The molecule has 6 nitrogen and oxygen atoms in total. The van der Waals surface area contributed by atoms with Crippen molar-refractivity contribution in [3.63, 3.8) is 0 Å². The van der Waals surface area contributed by atoms with Gasteiger partial charge in [-0.3, -0.25) is 14.3 Å². The maximum absolute atomic E-state index is 13.1. The molecular formula is C28H28N4O2. The van der Waals surface area contributed by atoms with E-state index < -0.39 is 0 Å². The second kappa shape index (κ2) is 10.2. The molecule has 4 rings (SSSR count). The molecule has 34 heavy (non-hydrogen) atoms. The highest BCUT2D eigenvalue weighted by Crippen LogP contribution is 2.23. The number of rotatable bonds is 7. The number of aromatic nitrogens is 2. The van der Waals surface area contributed by atoms with Gasteiger partial charge in [-0.1, -0.05) is 78.4 Å². The molecule has 0 aliphatic rings. The van der Waals surface area contributed by atoms with Crippen LogP contribution in [0.2, 0.25) is 0 Å². The molecule has 0 aliphatic carbocycles. The number of carbonyl (C=O) groups is 2. The van der Waals surface area contributed by atoms with Crippen molar-refractivity contribution >= 4 is 17.5 Å². The summed E-state index contributed by atoms with van der Waals surface area (Å²) in [7, 11) is 0. The van der Waals surface area contributed by atoms with Gasteiger partial charge in [-0.2, -0.15) is 5.10 Å². The number of nitrogens with one attached hydrogen (secondary N) is 2. The van der Waals surface area contributed by atoms with E-state index in [2.05, 4.69) is 10.6 Å². The number of nitrogens with zero attached hydrogens (tertiary/aromatic N) is 2. The fourth-order valence-corrected chi connectivity index (χ4v) is 3.81. The molecule has 0 atom stereocenters. The lowest BCUT2D eigenvalue weighted by molar-refractivity contribution is -0.115. The molecule has 6 heteroatoms. The van der Waals surface area contributed by atoms with Crippen LogP contribution in [-0.2, 0) is 11.3 Å². The summed E-state index contributed by atoms with van der Waals surface area (Å²) in [5.41, 5.74) is 6.80. The van der Waals surface area contributed by atoms with Crippen LogP contribution in [0.5, 0.6) is 0 Å². The lowest BCUT2D eigenvalue weighted by atomic mass is 10.1. The number of para-hydroxylation sites is 1. The number of hydrogen-bond donors (Lipinski definition) is 2. The van der Waals surface area contributed by atoms with Gasteiger partial charge in [0.1, 0.15) is 5.69 Å². The summed E-state index contributed by atoms with van der Waals surface area (Å²) in [5.74, 6) is -0.620. The third-order valence-electron chi connectivity index (χ3n) is 5.67. The topological polar surface area (TPSA) is 76.0 Å². The van der Waals surface area contributed by atoms with Crippen molar-refractivity contribution in [3.8, 4) is 11.3 Å². The molecule has 172 valence electrons. The lowest BCUT2D eigenvalue weighted by Gasteiger charge is -2.12. The molecule has 0 fully saturated rings.